The molecule has 0 aliphatic carbocycles. The molecule has 0 saturated carbocycles. The summed E-state index contributed by atoms with van der Waals surface area (Å²) in [6.07, 6.45) is -2.02. The number of hydrogen-bond donors (Lipinski definition) is 1. The molecule has 19 heavy (non-hydrogen) atoms. The summed E-state index contributed by atoms with van der Waals surface area (Å²) < 4.78 is 40.4. The molecule has 0 bridgehead atoms. The summed E-state index contributed by atoms with van der Waals surface area (Å²) in [5, 5.41) is 4.14. The number of anilines is 1. The van der Waals surface area contributed by atoms with Gasteiger partial charge in [-0.3, -0.25) is 4.68 Å². The quantitative estimate of drug-likeness (QED) is 0.925. The maximum absolute atomic E-state index is 12.9. The predicted octanol–water partition coefficient (Wildman–Crippen LogP) is 3.56. The molecular weight excluding hydrogens is 255 g/mol. The molecule has 3 nitrogen and oxygen atoms in total. The molecule has 1 aromatic carbocycles. The van der Waals surface area contributed by atoms with Gasteiger partial charge in [-0.1, -0.05) is 25.1 Å². The van der Waals surface area contributed by atoms with E-state index in [1.54, 1.807) is 16.9 Å². The van der Waals surface area contributed by atoms with E-state index in [1.807, 2.05) is 6.92 Å². The van der Waals surface area contributed by atoms with Gasteiger partial charge in [0, 0.05) is 18.3 Å². The average molecular weight is 269 g/mol. The summed E-state index contributed by atoms with van der Waals surface area (Å²) in [5.74, 6) is 0. The van der Waals surface area contributed by atoms with Gasteiger partial charge in [-0.15, -0.1) is 0 Å². The summed E-state index contributed by atoms with van der Waals surface area (Å²) >= 11 is 0. The number of nitrogens with two attached hydrogens (primary N) is 1. The molecule has 0 unspecified atom stereocenters. The Kier molecular flexibility index (Phi) is 3.50. The third-order valence-corrected chi connectivity index (χ3v) is 2.73. The minimum Gasteiger partial charge on any atom is -0.396 e. The minimum absolute atomic E-state index is 0.0161. The fourth-order valence-corrected chi connectivity index (χ4v) is 1.93. The molecular formula is C13H14F3N3. The highest BCUT2D eigenvalue weighted by molar-refractivity contribution is 5.75. The van der Waals surface area contributed by atoms with Crippen LogP contribution in [0.2, 0.25) is 0 Å². The number of benzene rings is 1. The lowest BCUT2D eigenvalue weighted by atomic mass is 10.0. The molecule has 1 heterocycles. The van der Waals surface area contributed by atoms with Crippen molar-refractivity contribution in [1.29, 1.82) is 0 Å². The number of hydrogen-bond acceptors (Lipinski definition) is 2. The number of aromatic nitrogens is 2. The first kappa shape index (κ1) is 13.5. The molecule has 6 heteroatoms. The first-order valence-corrected chi connectivity index (χ1v) is 5.93. The van der Waals surface area contributed by atoms with Crippen LogP contribution in [-0.4, -0.2) is 9.78 Å². The smallest absolute Gasteiger partial charge is 0.396 e. The Labute approximate surface area is 108 Å². The second-order valence-corrected chi connectivity index (χ2v) is 4.24. The van der Waals surface area contributed by atoms with Crippen molar-refractivity contribution in [2.75, 3.05) is 5.73 Å². The third-order valence-electron chi connectivity index (χ3n) is 2.73. The van der Waals surface area contributed by atoms with Crippen molar-refractivity contribution >= 4 is 5.69 Å². The normalized spacial score (nSPS) is 11.8. The van der Waals surface area contributed by atoms with Crippen molar-refractivity contribution in [3.05, 3.63) is 36.0 Å². The van der Waals surface area contributed by atoms with Gasteiger partial charge < -0.3 is 5.73 Å². The van der Waals surface area contributed by atoms with Crippen molar-refractivity contribution in [2.45, 2.75) is 26.1 Å². The molecule has 0 spiro atoms. The minimum atomic E-state index is -4.42. The van der Waals surface area contributed by atoms with Crippen LogP contribution in [0.25, 0.3) is 11.3 Å². The van der Waals surface area contributed by atoms with E-state index in [4.69, 9.17) is 5.73 Å². The van der Waals surface area contributed by atoms with Crippen LogP contribution in [0, 0.1) is 0 Å². The molecule has 1 aromatic heterocycles. The largest absolute Gasteiger partial charge is 0.417 e. The van der Waals surface area contributed by atoms with Gasteiger partial charge in [-0.2, -0.15) is 18.3 Å². The maximum Gasteiger partial charge on any atom is 0.417 e. The summed E-state index contributed by atoms with van der Waals surface area (Å²) in [7, 11) is 0. The van der Waals surface area contributed by atoms with Crippen molar-refractivity contribution in [1.82, 2.24) is 9.78 Å². The van der Waals surface area contributed by atoms with Gasteiger partial charge in [0.1, 0.15) is 5.69 Å². The number of halogens is 3. The van der Waals surface area contributed by atoms with Gasteiger partial charge in [0.15, 0.2) is 0 Å². The topological polar surface area (TPSA) is 43.8 Å². The average Bonchev–Trinajstić information content (AvgIpc) is 2.70. The summed E-state index contributed by atoms with van der Waals surface area (Å²) in [6.45, 7) is 2.58. The zero-order chi connectivity index (χ0) is 14.0. The van der Waals surface area contributed by atoms with Gasteiger partial charge in [-0.25, -0.2) is 0 Å². The second-order valence-electron chi connectivity index (χ2n) is 4.24. The highest BCUT2D eigenvalue weighted by Gasteiger charge is 2.34. The SMILES string of the molecule is CCCn1cc(N)c(-c2ccccc2C(F)(F)F)n1. The molecule has 2 aromatic rings. The zero-order valence-electron chi connectivity index (χ0n) is 10.4. The number of nitrogen functional groups attached to an aromatic ring is 1. The van der Waals surface area contributed by atoms with E-state index in [0.717, 1.165) is 12.5 Å². The van der Waals surface area contributed by atoms with Crippen LogP contribution in [0.3, 0.4) is 0 Å². The summed E-state index contributed by atoms with van der Waals surface area (Å²) in [4.78, 5) is 0. The fourth-order valence-electron chi connectivity index (χ4n) is 1.93. The molecule has 0 aliphatic rings. The van der Waals surface area contributed by atoms with Gasteiger partial charge in [0.05, 0.1) is 11.3 Å². The maximum atomic E-state index is 12.9. The molecule has 0 saturated heterocycles. The van der Waals surface area contributed by atoms with Crippen LogP contribution in [0.1, 0.15) is 18.9 Å². The Morgan fingerprint density at radius 3 is 2.58 bits per heavy atom. The highest BCUT2D eigenvalue weighted by atomic mass is 19.4. The number of alkyl halides is 3. The summed E-state index contributed by atoms with van der Waals surface area (Å²) in [5.41, 5.74) is 5.50. The van der Waals surface area contributed by atoms with E-state index in [1.165, 1.54) is 12.1 Å². The van der Waals surface area contributed by atoms with Gasteiger partial charge >= 0.3 is 6.18 Å². The molecule has 2 rings (SSSR count). The van der Waals surface area contributed by atoms with Crippen LogP contribution in [0.15, 0.2) is 30.5 Å². The van der Waals surface area contributed by atoms with Crippen molar-refractivity contribution < 1.29 is 13.2 Å². The Hall–Kier alpha value is -1.98. The zero-order valence-corrected chi connectivity index (χ0v) is 10.4. The Balaban J connectivity index is 2.53. The molecule has 0 atom stereocenters. The van der Waals surface area contributed by atoms with Crippen LogP contribution >= 0.6 is 0 Å². The second kappa shape index (κ2) is 4.95. The third kappa shape index (κ3) is 2.72. The number of rotatable bonds is 3. The lowest BCUT2D eigenvalue weighted by molar-refractivity contribution is -0.137. The van der Waals surface area contributed by atoms with Crippen molar-refractivity contribution in [2.24, 2.45) is 0 Å². The van der Waals surface area contributed by atoms with E-state index >= 15 is 0 Å². The Morgan fingerprint density at radius 1 is 1.26 bits per heavy atom. The molecule has 0 radical (unpaired) electrons. The number of aryl methyl sites for hydroxylation is 1. The first-order valence-electron chi connectivity index (χ1n) is 5.93. The first-order chi connectivity index (χ1) is 8.93. The number of nitrogens with zero attached hydrogens (tertiary/aromatic N) is 2. The highest BCUT2D eigenvalue weighted by Crippen LogP contribution is 2.37. The molecule has 0 aliphatic heterocycles. The van der Waals surface area contributed by atoms with Gasteiger partial charge in [-0.05, 0) is 12.5 Å². The van der Waals surface area contributed by atoms with Crippen LogP contribution in [-0.2, 0) is 12.7 Å². The molecule has 0 amide bonds. The monoisotopic (exact) mass is 269 g/mol. The van der Waals surface area contributed by atoms with E-state index in [0.29, 0.717) is 6.54 Å². The standard InChI is InChI=1S/C13H14F3N3/c1-2-7-19-8-11(17)12(18-19)9-5-3-4-6-10(9)13(14,15)16/h3-6,8H,2,7,17H2,1H3. The lowest BCUT2D eigenvalue weighted by Gasteiger charge is -2.11. The van der Waals surface area contributed by atoms with E-state index in [-0.39, 0.29) is 16.9 Å². The lowest BCUT2D eigenvalue weighted by Crippen LogP contribution is -2.07. The van der Waals surface area contributed by atoms with Crippen LogP contribution < -0.4 is 5.73 Å². The molecule has 102 valence electrons. The Morgan fingerprint density at radius 2 is 1.95 bits per heavy atom. The molecule has 2 N–H and O–H groups in total. The van der Waals surface area contributed by atoms with Crippen molar-refractivity contribution in [3.8, 4) is 11.3 Å². The fraction of sp³-hybridized carbons (Fsp3) is 0.308. The van der Waals surface area contributed by atoms with E-state index < -0.39 is 11.7 Å². The Bertz CT molecular complexity index is 573. The van der Waals surface area contributed by atoms with E-state index in [9.17, 15) is 13.2 Å². The summed E-state index contributed by atoms with van der Waals surface area (Å²) in [6, 6.07) is 5.32. The van der Waals surface area contributed by atoms with Gasteiger partial charge in [0.25, 0.3) is 0 Å². The van der Waals surface area contributed by atoms with Crippen molar-refractivity contribution in [3.63, 3.8) is 0 Å². The van der Waals surface area contributed by atoms with Crippen LogP contribution in [0.5, 0.6) is 0 Å². The van der Waals surface area contributed by atoms with E-state index in [2.05, 4.69) is 5.10 Å². The van der Waals surface area contributed by atoms with Crippen LogP contribution in [0.4, 0.5) is 18.9 Å². The molecule has 0 fully saturated rings. The predicted molar refractivity (Wildman–Crippen MR) is 67.4 cm³/mol. The van der Waals surface area contributed by atoms with Gasteiger partial charge in [0.2, 0.25) is 0 Å².